The third kappa shape index (κ3) is 2.64. The first-order valence-corrected chi connectivity index (χ1v) is 6.99. The standard InChI is InChI=1S/C16H18N2O3/c1-20-14-6-3-2-5-12(14)13-11-17-8-9-18(13)16(19)15-7-4-10-21-15/h2-7,10,13,17H,8-9,11H2,1H3. The highest BCUT2D eigenvalue weighted by Crippen LogP contribution is 2.31. The SMILES string of the molecule is COc1ccccc1C1CNCCN1C(=O)c1ccco1. The molecule has 5 nitrogen and oxygen atoms in total. The number of hydrogen-bond acceptors (Lipinski definition) is 4. The van der Waals surface area contributed by atoms with Gasteiger partial charge in [0.05, 0.1) is 19.4 Å². The van der Waals surface area contributed by atoms with Gasteiger partial charge >= 0.3 is 0 Å². The zero-order valence-corrected chi connectivity index (χ0v) is 11.9. The van der Waals surface area contributed by atoms with E-state index in [9.17, 15) is 4.79 Å². The average Bonchev–Trinajstić information content (AvgIpc) is 3.08. The Kier molecular flexibility index (Phi) is 3.92. The minimum atomic E-state index is -0.0857. The second kappa shape index (κ2) is 6.01. The van der Waals surface area contributed by atoms with Gasteiger partial charge < -0.3 is 19.4 Å². The van der Waals surface area contributed by atoms with Crippen LogP contribution >= 0.6 is 0 Å². The molecule has 21 heavy (non-hydrogen) atoms. The number of nitrogens with one attached hydrogen (secondary N) is 1. The summed E-state index contributed by atoms with van der Waals surface area (Å²) in [5.41, 5.74) is 1.01. The van der Waals surface area contributed by atoms with Gasteiger partial charge in [-0.15, -0.1) is 0 Å². The summed E-state index contributed by atoms with van der Waals surface area (Å²) in [6, 6.07) is 11.2. The molecule has 2 heterocycles. The lowest BCUT2D eigenvalue weighted by Gasteiger charge is -2.36. The zero-order chi connectivity index (χ0) is 14.7. The Bertz CT molecular complexity index is 610. The fourth-order valence-electron chi connectivity index (χ4n) is 2.71. The van der Waals surface area contributed by atoms with E-state index in [1.165, 1.54) is 6.26 Å². The summed E-state index contributed by atoms with van der Waals surface area (Å²) in [6.45, 7) is 2.12. The summed E-state index contributed by atoms with van der Waals surface area (Å²) in [7, 11) is 1.65. The van der Waals surface area contributed by atoms with E-state index < -0.39 is 0 Å². The van der Waals surface area contributed by atoms with Crippen molar-refractivity contribution < 1.29 is 13.9 Å². The Labute approximate surface area is 123 Å². The molecule has 1 saturated heterocycles. The van der Waals surface area contributed by atoms with Crippen molar-refractivity contribution in [2.24, 2.45) is 0 Å². The number of para-hydroxylation sites is 1. The van der Waals surface area contributed by atoms with Gasteiger partial charge in [0.2, 0.25) is 0 Å². The number of rotatable bonds is 3. The molecule has 1 atom stereocenters. The van der Waals surface area contributed by atoms with Crippen molar-refractivity contribution in [2.45, 2.75) is 6.04 Å². The topological polar surface area (TPSA) is 54.7 Å². The first kappa shape index (κ1) is 13.7. The number of amides is 1. The number of benzene rings is 1. The monoisotopic (exact) mass is 286 g/mol. The minimum absolute atomic E-state index is 0.0625. The van der Waals surface area contributed by atoms with Crippen LogP contribution in [0.15, 0.2) is 47.1 Å². The van der Waals surface area contributed by atoms with E-state index in [1.807, 2.05) is 29.2 Å². The van der Waals surface area contributed by atoms with E-state index >= 15 is 0 Å². The highest BCUT2D eigenvalue weighted by molar-refractivity contribution is 5.92. The molecule has 1 aromatic heterocycles. The van der Waals surface area contributed by atoms with E-state index in [-0.39, 0.29) is 11.9 Å². The molecule has 1 N–H and O–H groups in total. The number of furan rings is 1. The molecule has 110 valence electrons. The summed E-state index contributed by atoms with van der Waals surface area (Å²) < 4.78 is 10.7. The summed E-state index contributed by atoms with van der Waals surface area (Å²) >= 11 is 0. The number of nitrogens with zero attached hydrogens (tertiary/aromatic N) is 1. The van der Waals surface area contributed by atoms with Crippen LogP contribution in [-0.4, -0.2) is 37.6 Å². The maximum Gasteiger partial charge on any atom is 0.290 e. The third-order valence-electron chi connectivity index (χ3n) is 3.73. The summed E-state index contributed by atoms with van der Waals surface area (Å²) in [6.07, 6.45) is 1.52. The molecule has 5 heteroatoms. The summed E-state index contributed by atoms with van der Waals surface area (Å²) in [5, 5.41) is 3.33. The number of piperazine rings is 1. The molecule has 1 amide bonds. The number of carbonyl (C=O) groups is 1. The molecule has 0 aliphatic carbocycles. The Balaban J connectivity index is 1.93. The zero-order valence-electron chi connectivity index (χ0n) is 11.9. The van der Waals surface area contributed by atoms with Crippen molar-refractivity contribution in [3.05, 3.63) is 54.0 Å². The highest BCUT2D eigenvalue weighted by atomic mass is 16.5. The molecule has 0 radical (unpaired) electrons. The highest BCUT2D eigenvalue weighted by Gasteiger charge is 2.31. The lowest BCUT2D eigenvalue weighted by molar-refractivity contribution is 0.0599. The van der Waals surface area contributed by atoms with E-state index in [1.54, 1.807) is 19.2 Å². The van der Waals surface area contributed by atoms with Gasteiger partial charge in [-0.2, -0.15) is 0 Å². The van der Waals surface area contributed by atoms with Crippen molar-refractivity contribution in [1.29, 1.82) is 0 Å². The van der Waals surface area contributed by atoms with Crippen LogP contribution in [0.5, 0.6) is 5.75 Å². The molecule has 1 aliphatic rings. The van der Waals surface area contributed by atoms with Gasteiger partial charge in [-0.25, -0.2) is 0 Å². The van der Waals surface area contributed by atoms with Gasteiger partial charge in [0, 0.05) is 25.2 Å². The average molecular weight is 286 g/mol. The van der Waals surface area contributed by atoms with Gasteiger partial charge in [0.15, 0.2) is 5.76 Å². The first-order valence-electron chi connectivity index (χ1n) is 6.99. The third-order valence-corrected chi connectivity index (χ3v) is 3.73. The Morgan fingerprint density at radius 1 is 1.33 bits per heavy atom. The molecular weight excluding hydrogens is 268 g/mol. The van der Waals surface area contributed by atoms with Crippen LogP contribution in [0.25, 0.3) is 0 Å². The van der Waals surface area contributed by atoms with E-state index in [2.05, 4.69) is 5.32 Å². The van der Waals surface area contributed by atoms with Crippen LogP contribution in [0.3, 0.4) is 0 Å². The summed E-state index contributed by atoms with van der Waals surface area (Å²) in [4.78, 5) is 14.4. The van der Waals surface area contributed by atoms with Crippen LogP contribution in [-0.2, 0) is 0 Å². The summed E-state index contributed by atoms with van der Waals surface area (Å²) in [5.74, 6) is 1.08. The molecule has 0 saturated carbocycles. The van der Waals surface area contributed by atoms with Crippen LogP contribution in [0.2, 0.25) is 0 Å². The maximum atomic E-state index is 12.6. The fraction of sp³-hybridized carbons (Fsp3) is 0.312. The second-order valence-electron chi connectivity index (χ2n) is 4.94. The smallest absolute Gasteiger partial charge is 0.290 e. The number of carbonyl (C=O) groups excluding carboxylic acids is 1. The number of methoxy groups -OCH3 is 1. The molecule has 3 rings (SSSR count). The molecule has 0 bridgehead atoms. The number of hydrogen-bond donors (Lipinski definition) is 1. The molecule has 1 aliphatic heterocycles. The van der Waals surface area contributed by atoms with Gasteiger partial charge in [0.25, 0.3) is 5.91 Å². The second-order valence-corrected chi connectivity index (χ2v) is 4.94. The lowest BCUT2D eigenvalue weighted by Crippen LogP contribution is -2.48. The molecular formula is C16H18N2O3. The number of ether oxygens (including phenoxy) is 1. The quantitative estimate of drug-likeness (QED) is 0.938. The van der Waals surface area contributed by atoms with E-state index in [0.29, 0.717) is 18.8 Å². The van der Waals surface area contributed by atoms with Gasteiger partial charge in [-0.1, -0.05) is 18.2 Å². The molecule has 2 aromatic rings. The van der Waals surface area contributed by atoms with Crippen molar-refractivity contribution in [2.75, 3.05) is 26.7 Å². The normalized spacial score (nSPS) is 18.5. The van der Waals surface area contributed by atoms with Crippen LogP contribution in [0.4, 0.5) is 0 Å². The fourth-order valence-corrected chi connectivity index (χ4v) is 2.71. The van der Waals surface area contributed by atoms with E-state index in [4.69, 9.17) is 9.15 Å². The van der Waals surface area contributed by atoms with Crippen molar-refractivity contribution in [3.8, 4) is 5.75 Å². The lowest BCUT2D eigenvalue weighted by atomic mass is 10.0. The largest absolute Gasteiger partial charge is 0.496 e. The molecule has 1 aromatic carbocycles. The van der Waals surface area contributed by atoms with Crippen LogP contribution < -0.4 is 10.1 Å². The maximum absolute atomic E-state index is 12.6. The van der Waals surface area contributed by atoms with Gasteiger partial charge in [-0.3, -0.25) is 4.79 Å². The Morgan fingerprint density at radius 2 is 2.19 bits per heavy atom. The Hall–Kier alpha value is -2.27. The van der Waals surface area contributed by atoms with Gasteiger partial charge in [0.1, 0.15) is 5.75 Å². The van der Waals surface area contributed by atoms with Crippen molar-refractivity contribution >= 4 is 5.91 Å². The predicted molar refractivity (Wildman–Crippen MR) is 78.3 cm³/mol. The predicted octanol–water partition coefficient (Wildman–Crippen LogP) is 2.07. The molecule has 0 spiro atoms. The van der Waals surface area contributed by atoms with E-state index in [0.717, 1.165) is 17.9 Å². The minimum Gasteiger partial charge on any atom is -0.496 e. The molecule has 1 unspecified atom stereocenters. The molecule has 1 fully saturated rings. The van der Waals surface area contributed by atoms with Crippen LogP contribution in [0.1, 0.15) is 22.2 Å². The van der Waals surface area contributed by atoms with Gasteiger partial charge in [-0.05, 0) is 18.2 Å². The Morgan fingerprint density at radius 3 is 2.95 bits per heavy atom. The van der Waals surface area contributed by atoms with Crippen molar-refractivity contribution in [1.82, 2.24) is 10.2 Å². The van der Waals surface area contributed by atoms with Crippen LogP contribution in [0, 0.1) is 0 Å². The van der Waals surface area contributed by atoms with Crippen molar-refractivity contribution in [3.63, 3.8) is 0 Å². The first-order chi connectivity index (χ1) is 10.3.